The molecule has 0 unspecified atom stereocenters. The lowest BCUT2D eigenvalue weighted by Gasteiger charge is -2.41. The zero-order chi connectivity index (χ0) is 27.9. The molecule has 6 rings (SSSR count). The molecule has 3 heteroatoms. The van der Waals surface area contributed by atoms with Crippen LogP contribution in [0.15, 0.2) is 65.3 Å². The third-order valence-electron chi connectivity index (χ3n) is 8.27. The fourth-order valence-electron chi connectivity index (χ4n) is 6.07. The Kier molecular flexibility index (Phi) is 4.25. The summed E-state index contributed by atoms with van der Waals surface area (Å²) in [4.78, 5) is 4.84. The van der Waals surface area contributed by atoms with Gasteiger partial charge in [0.15, 0.2) is 11.8 Å². The van der Waals surface area contributed by atoms with Crippen molar-refractivity contribution >= 4 is 22.1 Å². The van der Waals surface area contributed by atoms with Gasteiger partial charge in [0.25, 0.3) is 0 Å². The van der Waals surface area contributed by atoms with Crippen molar-refractivity contribution in [2.45, 2.75) is 65.1 Å². The van der Waals surface area contributed by atoms with Crippen LogP contribution >= 0.6 is 0 Å². The van der Waals surface area contributed by atoms with Gasteiger partial charge in [-0.05, 0) is 65.3 Å². The maximum Gasteiger partial charge on any atom is 0.227 e. The maximum atomic E-state index is 8.23. The number of benzene rings is 2. The number of hydrogen-bond donors (Lipinski definition) is 0. The molecule has 0 atom stereocenters. The lowest BCUT2D eigenvalue weighted by Crippen LogP contribution is -2.34. The largest absolute Gasteiger partial charge is 0.437 e. The molecule has 0 bridgehead atoms. The molecule has 0 amide bonds. The van der Waals surface area contributed by atoms with Gasteiger partial charge in [0.05, 0.1) is 10.9 Å². The monoisotopic (exact) mass is 478 g/mol. The minimum Gasteiger partial charge on any atom is -0.437 e. The van der Waals surface area contributed by atoms with E-state index in [4.69, 9.17) is 13.5 Å². The zero-order valence-corrected chi connectivity index (χ0v) is 22.0. The fourth-order valence-corrected chi connectivity index (χ4v) is 6.07. The first-order valence-electron chi connectivity index (χ1n) is 14.3. The summed E-state index contributed by atoms with van der Waals surface area (Å²) in [5, 5.41) is 2.16. The average molecular weight is 479 g/mol. The SMILES string of the molecule is [2H]C([2H])([2H])c1c[n+](C)c(-c2c(C)ccc3c2oc2ncc4c(c23)C(C)(C)CCC4(C)C)cc1-c1ccccc1. The molecule has 0 radical (unpaired) electrons. The Hall–Kier alpha value is -3.46. The second-order valence-electron chi connectivity index (χ2n) is 11.7. The van der Waals surface area contributed by atoms with Crippen LogP contribution in [0.4, 0.5) is 0 Å². The van der Waals surface area contributed by atoms with Gasteiger partial charge in [-0.25, -0.2) is 9.55 Å². The van der Waals surface area contributed by atoms with Gasteiger partial charge in [-0.1, -0.05) is 70.2 Å². The van der Waals surface area contributed by atoms with Gasteiger partial charge >= 0.3 is 0 Å². The molecule has 0 spiro atoms. The number of nitrogens with zero attached hydrogens (tertiary/aromatic N) is 2. The van der Waals surface area contributed by atoms with E-state index in [2.05, 4.69) is 46.8 Å². The van der Waals surface area contributed by atoms with Crippen LogP contribution in [-0.2, 0) is 17.9 Å². The van der Waals surface area contributed by atoms with Crippen LogP contribution < -0.4 is 4.57 Å². The van der Waals surface area contributed by atoms with E-state index < -0.39 is 6.85 Å². The highest BCUT2D eigenvalue weighted by molar-refractivity contribution is 6.11. The fraction of sp³-hybridized carbons (Fsp3) is 0.333. The van der Waals surface area contributed by atoms with Crippen molar-refractivity contribution in [3.8, 4) is 22.4 Å². The first-order valence-corrected chi connectivity index (χ1v) is 12.8. The predicted molar refractivity (Wildman–Crippen MR) is 148 cm³/mol. The number of rotatable bonds is 2. The van der Waals surface area contributed by atoms with Crippen molar-refractivity contribution in [2.24, 2.45) is 7.05 Å². The van der Waals surface area contributed by atoms with Gasteiger partial charge in [0, 0.05) is 27.3 Å². The minimum atomic E-state index is -2.25. The third kappa shape index (κ3) is 3.32. The topological polar surface area (TPSA) is 29.9 Å². The van der Waals surface area contributed by atoms with Crippen molar-refractivity contribution < 1.29 is 13.1 Å². The molecule has 1 aliphatic rings. The highest BCUT2D eigenvalue weighted by Gasteiger charge is 2.40. The Morgan fingerprint density at radius 2 is 1.72 bits per heavy atom. The summed E-state index contributed by atoms with van der Waals surface area (Å²) in [5.41, 5.74) is 8.97. The van der Waals surface area contributed by atoms with E-state index in [9.17, 15) is 0 Å². The van der Waals surface area contributed by atoms with Crippen molar-refractivity contribution in [2.75, 3.05) is 0 Å². The van der Waals surface area contributed by atoms with Crippen molar-refractivity contribution in [3.05, 3.63) is 83.2 Å². The van der Waals surface area contributed by atoms with E-state index in [0.29, 0.717) is 16.8 Å². The number of furan rings is 1. The van der Waals surface area contributed by atoms with E-state index >= 15 is 0 Å². The summed E-state index contributed by atoms with van der Waals surface area (Å²) >= 11 is 0. The van der Waals surface area contributed by atoms with Gasteiger partial charge in [-0.2, -0.15) is 0 Å². The summed E-state index contributed by atoms with van der Waals surface area (Å²) in [5.74, 6) is 0. The first-order chi connectivity index (χ1) is 18.3. The van der Waals surface area contributed by atoms with Gasteiger partial charge in [-0.3, -0.25) is 0 Å². The van der Waals surface area contributed by atoms with Gasteiger partial charge < -0.3 is 4.42 Å². The van der Waals surface area contributed by atoms with Crippen molar-refractivity contribution in [3.63, 3.8) is 0 Å². The Bertz CT molecular complexity index is 1760. The molecule has 3 aromatic heterocycles. The standard InChI is InChI=1S/C33H35N2O/c1-20-13-14-23-28-29-25(32(3,4)15-16-33(29,5)6)18-34-31(28)36-30(23)27(20)26-17-24(21(2)19-35(26)7)22-11-9-8-10-12-22/h8-14,17-19H,15-16H2,1-7H3/q+1/i2D3. The van der Waals surface area contributed by atoms with E-state index in [1.807, 2.05) is 54.2 Å². The predicted octanol–water partition coefficient (Wildman–Crippen LogP) is 8.11. The smallest absolute Gasteiger partial charge is 0.227 e. The molecular formula is C33H35N2O+. The lowest BCUT2D eigenvalue weighted by atomic mass is 9.63. The normalized spacial score (nSPS) is 18.0. The Morgan fingerprint density at radius 3 is 2.47 bits per heavy atom. The molecule has 5 aromatic rings. The van der Waals surface area contributed by atoms with Crippen LogP contribution in [0.2, 0.25) is 0 Å². The third-order valence-corrected chi connectivity index (χ3v) is 8.27. The number of fused-ring (bicyclic) bond motifs is 5. The molecule has 3 heterocycles. The van der Waals surface area contributed by atoms with Crippen LogP contribution in [0, 0.1) is 13.8 Å². The van der Waals surface area contributed by atoms with Crippen molar-refractivity contribution in [1.82, 2.24) is 4.98 Å². The molecular weight excluding hydrogens is 440 g/mol. The zero-order valence-electron chi connectivity index (χ0n) is 25.0. The quantitative estimate of drug-likeness (QED) is 0.240. The van der Waals surface area contributed by atoms with E-state index in [0.717, 1.165) is 51.6 Å². The van der Waals surface area contributed by atoms with Crippen LogP contribution in [0.25, 0.3) is 44.5 Å². The van der Waals surface area contributed by atoms with Crippen LogP contribution in [0.3, 0.4) is 0 Å². The average Bonchev–Trinajstić information content (AvgIpc) is 3.25. The molecule has 2 aromatic carbocycles. The number of aryl methyl sites for hydroxylation is 3. The van der Waals surface area contributed by atoms with E-state index in [-0.39, 0.29) is 10.8 Å². The molecule has 0 N–H and O–H groups in total. The van der Waals surface area contributed by atoms with Crippen LogP contribution in [0.5, 0.6) is 0 Å². The van der Waals surface area contributed by atoms with Crippen LogP contribution in [-0.4, -0.2) is 4.98 Å². The summed E-state index contributed by atoms with van der Waals surface area (Å²) in [7, 11) is 1.91. The summed E-state index contributed by atoms with van der Waals surface area (Å²) in [6.45, 7) is 9.11. The Morgan fingerprint density at radius 1 is 0.972 bits per heavy atom. The maximum absolute atomic E-state index is 8.23. The molecule has 3 nitrogen and oxygen atoms in total. The Balaban J connectivity index is 1.70. The minimum absolute atomic E-state index is 0.000395. The van der Waals surface area contributed by atoms with Crippen molar-refractivity contribution in [1.29, 1.82) is 0 Å². The second-order valence-corrected chi connectivity index (χ2v) is 11.7. The summed E-state index contributed by atoms with van der Waals surface area (Å²) in [6, 6.07) is 16.1. The van der Waals surface area contributed by atoms with Gasteiger partial charge in [0.2, 0.25) is 11.4 Å². The summed E-state index contributed by atoms with van der Waals surface area (Å²) < 4.78 is 33.2. The van der Waals surface area contributed by atoms with E-state index in [1.165, 1.54) is 11.1 Å². The van der Waals surface area contributed by atoms with Crippen LogP contribution in [0.1, 0.15) is 66.9 Å². The molecule has 36 heavy (non-hydrogen) atoms. The highest BCUT2D eigenvalue weighted by Crippen LogP contribution is 2.50. The molecule has 0 saturated carbocycles. The molecule has 0 aliphatic heterocycles. The Labute approximate surface area is 218 Å². The second kappa shape index (κ2) is 7.77. The molecule has 0 fully saturated rings. The lowest BCUT2D eigenvalue weighted by molar-refractivity contribution is -0.660. The molecule has 0 saturated heterocycles. The van der Waals surface area contributed by atoms with E-state index in [1.54, 1.807) is 6.20 Å². The number of hydrogen-bond acceptors (Lipinski definition) is 2. The highest BCUT2D eigenvalue weighted by atomic mass is 16.3. The number of aromatic nitrogens is 2. The van der Waals surface area contributed by atoms with Gasteiger partial charge in [0.1, 0.15) is 7.05 Å². The number of pyridine rings is 2. The van der Waals surface area contributed by atoms with Gasteiger partial charge in [-0.15, -0.1) is 0 Å². The summed E-state index contributed by atoms with van der Waals surface area (Å²) in [6.07, 6.45) is 5.99. The molecule has 1 aliphatic carbocycles. The first kappa shape index (κ1) is 19.7. The molecule has 182 valence electrons.